The van der Waals surface area contributed by atoms with Gasteiger partial charge in [0.25, 0.3) is 15.7 Å². The van der Waals surface area contributed by atoms with E-state index in [1.807, 2.05) is 0 Å². The van der Waals surface area contributed by atoms with Gasteiger partial charge in [-0.1, -0.05) is 6.07 Å². The molecule has 3 N–H and O–H groups in total. The first-order valence-corrected chi connectivity index (χ1v) is 16.9. The molecule has 5 saturated carbocycles. The number of nitrogens with one attached hydrogen (secondary N) is 3. The summed E-state index contributed by atoms with van der Waals surface area (Å²) in [5.41, 5.74) is -5.45. The molecular weight excluding hydrogens is 629 g/mol. The maximum absolute atomic E-state index is 13.9. The summed E-state index contributed by atoms with van der Waals surface area (Å²) in [5, 5.41) is 9.14. The standard InChI is InChI=1S/C30H35F3N6O6S/c1-44-27-22(24(34-16-35-27)38-28-13-29(14-28,15-28)39-7-9-45-10-8-39)26(41)37-23-18-6-5-17(11-18)21(23)25(40)36-19-3-2-4-20(12-19)46(42,43)30(31,32)33/h2-4,12,16-18,21,23H,5-11,13-15H2,1H3,(H,36,40)(H,37,41)(H,34,35,38)/t17-,18+,21+,23-,28?,29?/m1/s1. The van der Waals surface area contributed by atoms with Crippen molar-refractivity contribution >= 4 is 33.2 Å². The number of alkyl halides is 3. The van der Waals surface area contributed by atoms with E-state index in [0.29, 0.717) is 12.2 Å². The molecule has 0 unspecified atom stereocenters. The summed E-state index contributed by atoms with van der Waals surface area (Å²) in [7, 11) is -4.18. The molecule has 1 aliphatic heterocycles. The third-order valence-electron chi connectivity index (χ3n) is 10.5. The molecule has 46 heavy (non-hydrogen) atoms. The summed E-state index contributed by atoms with van der Waals surface area (Å²) >= 11 is 0. The Kier molecular flexibility index (Phi) is 7.47. The van der Waals surface area contributed by atoms with E-state index in [1.54, 1.807) is 0 Å². The van der Waals surface area contributed by atoms with Crippen molar-refractivity contribution in [1.82, 2.24) is 20.2 Å². The second kappa shape index (κ2) is 11.0. The highest BCUT2D eigenvalue weighted by molar-refractivity contribution is 7.92. The molecule has 2 aromatic rings. The Labute approximate surface area is 263 Å². The summed E-state index contributed by atoms with van der Waals surface area (Å²) in [6, 6.07) is 3.52. The van der Waals surface area contributed by atoms with E-state index in [1.165, 1.54) is 19.5 Å². The topological polar surface area (TPSA) is 152 Å². The van der Waals surface area contributed by atoms with E-state index >= 15 is 0 Å². The van der Waals surface area contributed by atoms with E-state index in [4.69, 9.17) is 9.47 Å². The molecule has 6 aliphatic rings. The number of halogens is 3. The van der Waals surface area contributed by atoms with E-state index in [9.17, 15) is 31.2 Å². The Morgan fingerprint density at radius 1 is 1.09 bits per heavy atom. The number of amides is 2. The van der Waals surface area contributed by atoms with Crippen LogP contribution in [-0.2, 0) is 19.4 Å². The fraction of sp³-hybridized carbons (Fsp3) is 0.600. The molecule has 4 bridgehead atoms. The number of fused-ring (bicyclic) bond motifs is 2. The second-order valence-electron chi connectivity index (χ2n) is 13.2. The number of anilines is 2. The smallest absolute Gasteiger partial charge is 0.480 e. The van der Waals surface area contributed by atoms with Crippen molar-refractivity contribution in [2.45, 2.75) is 66.0 Å². The second-order valence-corrected chi connectivity index (χ2v) is 15.1. The number of rotatable bonds is 9. The number of hydrogen-bond acceptors (Lipinski definition) is 10. The van der Waals surface area contributed by atoms with Crippen LogP contribution < -0.4 is 20.7 Å². The van der Waals surface area contributed by atoms with Gasteiger partial charge >= 0.3 is 5.51 Å². The first kappa shape index (κ1) is 31.1. The lowest BCUT2D eigenvalue weighted by molar-refractivity contribution is -0.172. The number of morpholine rings is 1. The third-order valence-corrected chi connectivity index (χ3v) is 12.0. The van der Waals surface area contributed by atoms with Gasteiger partial charge in [0.15, 0.2) is 0 Å². The molecule has 0 spiro atoms. The van der Waals surface area contributed by atoms with Crippen molar-refractivity contribution in [1.29, 1.82) is 0 Å². The van der Waals surface area contributed by atoms with Crippen LogP contribution in [-0.4, -0.2) is 91.1 Å². The molecule has 1 aromatic heterocycles. The van der Waals surface area contributed by atoms with Crippen molar-refractivity contribution in [3.05, 3.63) is 36.2 Å². The average Bonchev–Trinajstić information content (AvgIpc) is 3.60. The maximum Gasteiger partial charge on any atom is 0.501 e. The van der Waals surface area contributed by atoms with Crippen molar-refractivity contribution in [2.24, 2.45) is 17.8 Å². The predicted molar refractivity (Wildman–Crippen MR) is 158 cm³/mol. The number of sulfone groups is 1. The highest BCUT2D eigenvalue weighted by Crippen LogP contribution is 2.65. The molecule has 6 fully saturated rings. The number of ether oxygens (including phenoxy) is 2. The number of aromatic nitrogens is 2. The van der Waals surface area contributed by atoms with E-state index in [2.05, 4.69) is 30.8 Å². The Morgan fingerprint density at radius 2 is 1.80 bits per heavy atom. The third kappa shape index (κ3) is 5.08. The van der Waals surface area contributed by atoms with Crippen LogP contribution in [0.3, 0.4) is 0 Å². The zero-order valence-electron chi connectivity index (χ0n) is 25.1. The SMILES string of the molecule is COc1ncnc(NC23CC(N4CCOCC4)(C2)C3)c1C(=O)N[C@@H]1[C@H]2CC[C@H](C2)[C@@H]1C(=O)Nc1cccc(S(=O)(=O)C(F)(F)F)c1. The van der Waals surface area contributed by atoms with Gasteiger partial charge in [-0.05, 0) is 68.6 Å². The molecule has 12 nitrogen and oxygen atoms in total. The van der Waals surface area contributed by atoms with Gasteiger partial charge in [-0.2, -0.15) is 13.2 Å². The quantitative estimate of drug-likeness (QED) is 0.365. The molecule has 2 heterocycles. The van der Waals surface area contributed by atoms with Gasteiger partial charge in [0, 0.05) is 35.9 Å². The summed E-state index contributed by atoms with van der Waals surface area (Å²) in [6.07, 6.45) is 6.37. The van der Waals surface area contributed by atoms with Crippen LogP contribution in [0.4, 0.5) is 24.7 Å². The number of hydrogen-bond donors (Lipinski definition) is 3. The van der Waals surface area contributed by atoms with Gasteiger partial charge in [0.2, 0.25) is 11.8 Å². The Morgan fingerprint density at radius 3 is 2.50 bits per heavy atom. The molecule has 0 radical (unpaired) electrons. The first-order valence-electron chi connectivity index (χ1n) is 15.4. The molecular formula is C30H35F3N6O6S. The molecule has 4 atom stereocenters. The van der Waals surface area contributed by atoms with Crippen LogP contribution in [0.5, 0.6) is 5.88 Å². The van der Waals surface area contributed by atoms with Gasteiger partial charge in [0.05, 0.1) is 31.1 Å². The predicted octanol–water partition coefficient (Wildman–Crippen LogP) is 2.98. The van der Waals surface area contributed by atoms with Gasteiger partial charge in [0.1, 0.15) is 17.7 Å². The molecule has 248 valence electrons. The minimum Gasteiger partial charge on any atom is -0.480 e. The van der Waals surface area contributed by atoms with Gasteiger partial charge < -0.3 is 25.4 Å². The van der Waals surface area contributed by atoms with Gasteiger partial charge in [-0.25, -0.2) is 18.4 Å². The normalized spacial score (nSPS) is 31.8. The number of benzene rings is 1. The maximum atomic E-state index is 13.9. The molecule has 16 heteroatoms. The fourth-order valence-electron chi connectivity index (χ4n) is 8.51. The Hall–Kier alpha value is -3.50. The van der Waals surface area contributed by atoms with E-state index < -0.39 is 44.0 Å². The minimum atomic E-state index is -5.59. The highest BCUT2D eigenvalue weighted by atomic mass is 32.2. The zero-order chi connectivity index (χ0) is 32.5. The Bertz CT molecular complexity index is 1650. The number of carbonyl (C=O) groups is 2. The van der Waals surface area contributed by atoms with Crippen molar-refractivity contribution in [3.8, 4) is 5.88 Å². The lowest BCUT2D eigenvalue weighted by Gasteiger charge is -2.74. The summed E-state index contributed by atoms with van der Waals surface area (Å²) < 4.78 is 74.2. The zero-order valence-corrected chi connectivity index (χ0v) is 25.9. The van der Waals surface area contributed by atoms with Crippen LogP contribution in [0.2, 0.25) is 0 Å². The van der Waals surface area contributed by atoms with Crippen molar-refractivity contribution in [2.75, 3.05) is 44.0 Å². The lowest BCUT2D eigenvalue weighted by Crippen LogP contribution is -2.82. The summed E-state index contributed by atoms with van der Waals surface area (Å²) in [5.74, 6) is -1.27. The molecule has 5 aliphatic carbocycles. The number of nitrogens with zero attached hydrogens (tertiary/aromatic N) is 3. The Balaban J connectivity index is 1.07. The van der Waals surface area contributed by atoms with Crippen molar-refractivity contribution in [3.63, 3.8) is 0 Å². The monoisotopic (exact) mass is 664 g/mol. The molecule has 8 rings (SSSR count). The highest BCUT2D eigenvalue weighted by Gasteiger charge is 2.70. The summed E-state index contributed by atoms with van der Waals surface area (Å²) in [4.78, 5) is 37.6. The molecule has 1 saturated heterocycles. The van der Waals surface area contributed by atoms with E-state index in [-0.39, 0.29) is 40.0 Å². The van der Waals surface area contributed by atoms with Crippen molar-refractivity contribution < 1.29 is 40.7 Å². The van der Waals surface area contributed by atoms with Crippen LogP contribution in [0, 0.1) is 17.8 Å². The van der Waals surface area contributed by atoms with E-state index in [0.717, 1.165) is 76.6 Å². The van der Waals surface area contributed by atoms with Crippen LogP contribution in [0.25, 0.3) is 0 Å². The first-order chi connectivity index (χ1) is 21.8. The number of methoxy groups -OCH3 is 1. The number of carbonyl (C=O) groups excluding carboxylic acids is 2. The van der Waals surface area contributed by atoms with Crippen LogP contribution >= 0.6 is 0 Å². The fourth-order valence-corrected chi connectivity index (χ4v) is 9.32. The van der Waals surface area contributed by atoms with Gasteiger partial charge in [-0.15, -0.1) is 0 Å². The average molecular weight is 665 g/mol. The molecule has 2 amide bonds. The summed E-state index contributed by atoms with van der Waals surface area (Å²) in [6.45, 7) is 3.26. The van der Waals surface area contributed by atoms with Crippen LogP contribution in [0.15, 0.2) is 35.5 Å². The largest absolute Gasteiger partial charge is 0.501 e. The molecule has 1 aromatic carbocycles. The minimum absolute atomic E-state index is 0.0136. The van der Waals surface area contributed by atoms with Crippen LogP contribution in [0.1, 0.15) is 48.9 Å². The van der Waals surface area contributed by atoms with Gasteiger partial charge in [-0.3, -0.25) is 14.5 Å². The lowest BCUT2D eigenvalue weighted by atomic mass is 9.43.